The van der Waals surface area contributed by atoms with E-state index < -0.39 is 0 Å². The Morgan fingerprint density at radius 1 is 1.12 bits per heavy atom. The monoisotopic (exact) mass is 436 g/mol. The van der Waals surface area contributed by atoms with E-state index in [0.717, 1.165) is 9.37 Å². The smallest absolute Gasteiger partial charge is 0.261 e. The molecule has 0 unspecified atom stereocenters. The molecule has 3 amide bonds. The van der Waals surface area contributed by atoms with Crippen molar-refractivity contribution in [2.75, 3.05) is 11.9 Å². The van der Waals surface area contributed by atoms with Gasteiger partial charge in [-0.2, -0.15) is 0 Å². The number of nitrogens with zero attached hydrogens (tertiary/aromatic N) is 1. The molecule has 2 aromatic rings. The Labute approximate surface area is 162 Å². The van der Waals surface area contributed by atoms with Crippen molar-refractivity contribution in [3.63, 3.8) is 0 Å². The van der Waals surface area contributed by atoms with Crippen LogP contribution in [0, 0.1) is 0 Å². The molecule has 1 heterocycles. The summed E-state index contributed by atoms with van der Waals surface area (Å²) in [7, 11) is 0. The largest absolute Gasteiger partial charge is 0.506 e. The summed E-state index contributed by atoms with van der Waals surface area (Å²) in [6.45, 7) is 0.138. The Bertz CT molecular complexity index is 916. The van der Waals surface area contributed by atoms with Gasteiger partial charge in [-0.1, -0.05) is 27.5 Å². The van der Waals surface area contributed by atoms with E-state index >= 15 is 0 Å². The summed E-state index contributed by atoms with van der Waals surface area (Å²) in [5.74, 6) is -1.15. The molecule has 0 saturated heterocycles. The van der Waals surface area contributed by atoms with Crippen molar-refractivity contribution in [2.24, 2.45) is 0 Å². The van der Waals surface area contributed by atoms with Gasteiger partial charge in [0.25, 0.3) is 11.8 Å². The first-order chi connectivity index (χ1) is 12.4. The summed E-state index contributed by atoms with van der Waals surface area (Å²) in [5.41, 5.74) is 0.942. The topological polar surface area (TPSA) is 86.7 Å². The van der Waals surface area contributed by atoms with Crippen molar-refractivity contribution in [1.82, 2.24) is 4.90 Å². The Balaban J connectivity index is 1.57. The fourth-order valence-corrected chi connectivity index (χ4v) is 3.22. The maximum Gasteiger partial charge on any atom is 0.261 e. The summed E-state index contributed by atoms with van der Waals surface area (Å²) in [6, 6.07) is 9.26. The Morgan fingerprint density at radius 3 is 2.62 bits per heavy atom. The van der Waals surface area contributed by atoms with Crippen molar-refractivity contribution in [3.05, 3.63) is 57.0 Å². The minimum Gasteiger partial charge on any atom is -0.506 e. The van der Waals surface area contributed by atoms with Gasteiger partial charge in [-0.05, 0) is 42.8 Å². The van der Waals surface area contributed by atoms with Crippen molar-refractivity contribution in [2.45, 2.75) is 12.8 Å². The molecule has 0 aromatic heterocycles. The third-order valence-corrected chi connectivity index (χ3v) is 4.68. The molecule has 0 saturated carbocycles. The predicted molar refractivity (Wildman–Crippen MR) is 100 cm³/mol. The molecule has 0 bridgehead atoms. The summed E-state index contributed by atoms with van der Waals surface area (Å²) < 4.78 is 0.722. The molecule has 2 N–H and O–H groups in total. The summed E-state index contributed by atoms with van der Waals surface area (Å²) in [6.07, 6.45) is 0.392. The minimum absolute atomic E-state index is 0.0864. The zero-order valence-electron chi connectivity index (χ0n) is 13.5. The highest BCUT2D eigenvalue weighted by atomic mass is 79.9. The Hall–Kier alpha value is -2.38. The second-order valence-corrected chi connectivity index (χ2v) is 7.12. The van der Waals surface area contributed by atoms with Gasteiger partial charge in [-0.25, -0.2) is 0 Å². The molecule has 6 nitrogen and oxygen atoms in total. The number of imide groups is 1. The second-order valence-electron chi connectivity index (χ2n) is 5.77. The lowest BCUT2D eigenvalue weighted by atomic mass is 10.1. The highest BCUT2D eigenvalue weighted by Gasteiger charge is 2.35. The van der Waals surface area contributed by atoms with Crippen LogP contribution in [0.5, 0.6) is 5.75 Å². The summed E-state index contributed by atoms with van der Waals surface area (Å²) in [5, 5.41) is 12.6. The molecule has 3 rings (SSSR count). The normalized spacial score (nSPS) is 13.1. The first-order valence-corrected chi connectivity index (χ1v) is 8.98. The number of phenols is 1. The van der Waals surface area contributed by atoms with Gasteiger partial charge in [0.05, 0.1) is 16.8 Å². The molecule has 134 valence electrons. The average Bonchev–Trinajstić information content (AvgIpc) is 2.82. The van der Waals surface area contributed by atoms with Crippen LogP contribution in [0.4, 0.5) is 5.69 Å². The molecule has 0 fully saturated rings. The number of fused-ring (bicyclic) bond motifs is 1. The van der Waals surface area contributed by atoms with E-state index in [-0.39, 0.29) is 42.1 Å². The van der Waals surface area contributed by atoms with E-state index in [1.165, 1.54) is 18.2 Å². The van der Waals surface area contributed by atoms with E-state index in [0.29, 0.717) is 22.6 Å². The first-order valence-electron chi connectivity index (χ1n) is 7.81. The average molecular weight is 438 g/mol. The number of aromatic hydroxyl groups is 1. The highest BCUT2D eigenvalue weighted by Crippen LogP contribution is 2.28. The number of halogens is 2. The van der Waals surface area contributed by atoms with Gasteiger partial charge < -0.3 is 10.4 Å². The lowest BCUT2D eigenvalue weighted by molar-refractivity contribution is -0.116. The third-order valence-electron chi connectivity index (χ3n) is 3.95. The predicted octanol–water partition coefficient (Wildman–Crippen LogP) is 3.82. The maximum absolute atomic E-state index is 12.3. The molecule has 1 aliphatic rings. The minimum atomic E-state index is -0.362. The van der Waals surface area contributed by atoms with Crippen LogP contribution in [0.2, 0.25) is 5.02 Å². The molecular formula is C18H14BrClN2O4. The van der Waals surface area contributed by atoms with E-state index in [4.69, 9.17) is 11.6 Å². The lowest BCUT2D eigenvalue weighted by Crippen LogP contribution is -2.31. The van der Waals surface area contributed by atoms with Crippen molar-refractivity contribution in [1.29, 1.82) is 0 Å². The molecule has 0 aliphatic carbocycles. The molecule has 26 heavy (non-hydrogen) atoms. The van der Waals surface area contributed by atoms with Crippen molar-refractivity contribution < 1.29 is 19.5 Å². The van der Waals surface area contributed by atoms with Gasteiger partial charge in [-0.15, -0.1) is 0 Å². The van der Waals surface area contributed by atoms with Crippen LogP contribution in [0.25, 0.3) is 0 Å². The van der Waals surface area contributed by atoms with E-state index in [9.17, 15) is 19.5 Å². The number of hydrogen-bond acceptors (Lipinski definition) is 4. The molecule has 2 aromatic carbocycles. The Morgan fingerprint density at radius 2 is 1.85 bits per heavy atom. The van der Waals surface area contributed by atoms with Gasteiger partial charge in [0.15, 0.2) is 0 Å². The maximum atomic E-state index is 12.3. The van der Waals surface area contributed by atoms with Gasteiger partial charge >= 0.3 is 0 Å². The molecule has 0 spiro atoms. The van der Waals surface area contributed by atoms with Crippen LogP contribution in [0.15, 0.2) is 40.9 Å². The number of anilines is 1. The van der Waals surface area contributed by atoms with Crippen molar-refractivity contribution >= 4 is 50.9 Å². The van der Waals surface area contributed by atoms with Crippen LogP contribution in [0.3, 0.4) is 0 Å². The number of phenolic OH excluding ortho intramolecular Hbond substituents is 1. The standard InChI is InChI=1S/C18H14BrClN2O4/c19-10-3-5-12-13(8-10)18(26)22(17(12)25)7-1-2-16(24)21-14-9-11(20)4-6-15(14)23/h3-6,8-9,23H,1-2,7H2,(H,21,24). The van der Waals surface area contributed by atoms with Crippen molar-refractivity contribution in [3.8, 4) is 5.75 Å². The highest BCUT2D eigenvalue weighted by molar-refractivity contribution is 9.10. The van der Waals surface area contributed by atoms with Crippen LogP contribution in [0.1, 0.15) is 33.6 Å². The fraction of sp³-hybridized carbons (Fsp3) is 0.167. The fourth-order valence-electron chi connectivity index (χ4n) is 2.68. The second kappa shape index (κ2) is 7.47. The number of benzene rings is 2. The van der Waals surface area contributed by atoms with Gasteiger partial charge in [0.1, 0.15) is 5.75 Å². The van der Waals surface area contributed by atoms with Gasteiger partial charge in [0.2, 0.25) is 5.91 Å². The quantitative estimate of drug-likeness (QED) is 0.550. The number of carbonyl (C=O) groups excluding carboxylic acids is 3. The molecule has 1 aliphatic heterocycles. The molecule has 0 atom stereocenters. The number of nitrogens with one attached hydrogen (secondary N) is 1. The SMILES string of the molecule is O=C(CCCN1C(=O)c2ccc(Br)cc2C1=O)Nc1cc(Cl)ccc1O. The third kappa shape index (κ3) is 3.73. The van der Waals surface area contributed by atoms with Crippen LogP contribution < -0.4 is 5.32 Å². The lowest BCUT2D eigenvalue weighted by Gasteiger charge is -2.13. The number of carbonyl (C=O) groups is 3. The van der Waals surface area contributed by atoms with Crippen LogP contribution >= 0.6 is 27.5 Å². The van der Waals surface area contributed by atoms with Crippen LogP contribution in [-0.2, 0) is 4.79 Å². The van der Waals surface area contributed by atoms with E-state index in [1.807, 2.05) is 0 Å². The van der Waals surface area contributed by atoms with Crippen LogP contribution in [-0.4, -0.2) is 34.3 Å². The van der Waals surface area contributed by atoms with Gasteiger partial charge in [0, 0.05) is 22.5 Å². The Kier molecular flexibility index (Phi) is 5.29. The van der Waals surface area contributed by atoms with E-state index in [1.54, 1.807) is 18.2 Å². The number of amides is 3. The van der Waals surface area contributed by atoms with E-state index in [2.05, 4.69) is 21.2 Å². The zero-order valence-corrected chi connectivity index (χ0v) is 15.8. The van der Waals surface area contributed by atoms with Gasteiger partial charge in [-0.3, -0.25) is 19.3 Å². The summed E-state index contributed by atoms with van der Waals surface area (Å²) in [4.78, 5) is 37.8. The molecular weight excluding hydrogens is 424 g/mol. The summed E-state index contributed by atoms with van der Waals surface area (Å²) >= 11 is 9.11. The molecule has 0 radical (unpaired) electrons. The zero-order chi connectivity index (χ0) is 18.8. The number of rotatable bonds is 5. The first kappa shape index (κ1) is 18.4. The number of hydrogen-bond donors (Lipinski definition) is 2. The molecule has 8 heteroatoms.